The van der Waals surface area contributed by atoms with Crippen molar-refractivity contribution >= 4 is 51.1 Å². The summed E-state index contributed by atoms with van der Waals surface area (Å²) in [5.41, 5.74) is 1.52. The number of carbonyl (C=O) groups excluding carboxylic acids is 1. The van der Waals surface area contributed by atoms with Gasteiger partial charge in [-0.05, 0) is 12.5 Å². The molecule has 10 nitrogen and oxygen atoms in total. The van der Waals surface area contributed by atoms with Crippen molar-refractivity contribution in [3.8, 4) is 16.3 Å². The minimum absolute atomic E-state index is 0.191. The van der Waals surface area contributed by atoms with Crippen molar-refractivity contribution in [2.45, 2.75) is 6.42 Å². The highest BCUT2D eigenvalue weighted by atomic mass is 32.1. The minimum Gasteiger partial charge on any atom is -0.492 e. The summed E-state index contributed by atoms with van der Waals surface area (Å²) in [6, 6.07) is 1.68. The maximum atomic E-state index is 11.7. The maximum Gasteiger partial charge on any atom is 0.290 e. The monoisotopic (exact) mass is 472 g/mol. The number of ether oxygens (including phenoxy) is 1. The van der Waals surface area contributed by atoms with Crippen LogP contribution >= 0.6 is 22.7 Å². The van der Waals surface area contributed by atoms with Crippen molar-refractivity contribution in [2.75, 3.05) is 25.5 Å². The molecule has 4 rings (SSSR count). The molecular weight excluding hydrogens is 452 g/mol. The minimum atomic E-state index is -0.250. The van der Waals surface area contributed by atoms with Crippen LogP contribution in [0.4, 0.5) is 5.82 Å². The summed E-state index contributed by atoms with van der Waals surface area (Å²) in [7, 11) is 1.58. The quantitative estimate of drug-likeness (QED) is 0.261. The number of nitrogens with one attached hydrogen (secondary N) is 2. The predicted octanol–water partition coefficient (Wildman–Crippen LogP) is 3.15. The molecule has 3 N–H and O–H groups in total. The number of thiophene rings is 1. The van der Waals surface area contributed by atoms with Gasteiger partial charge in [-0.25, -0.2) is 15.0 Å². The Morgan fingerprint density at radius 2 is 2.09 bits per heavy atom. The first-order valence-electron chi connectivity index (χ1n) is 9.41. The summed E-state index contributed by atoms with van der Waals surface area (Å²) in [6.45, 7) is 0.922. The molecule has 32 heavy (non-hydrogen) atoms. The molecule has 0 atom stereocenters. The Morgan fingerprint density at radius 3 is 2.84 bits per heavy atom. The Kier molecular flexibility index (Phi) is 8.40. The third kappa shape index (κ3) is 5.74. The molecule has 0 saturated heterocycles. The molecule has 0 bridgehead atoms. The van der Waals surface area contributed by atoms with E-state index in [0.29, 0.717) is 24.5 Å². The van der Waals surface area contributed by atoms with E-state index in [2.05, 4.69) is 35.9 Å². The first-order valence-corrected chi connectivity index (χ1v) is 11.2. The Bertz CT molecular complexity index is 1170. The Balaban J connectivity index is 0.000000913. The van der Waals surface area contributed by atoms with Gasteiger partial charge >= 0.3 is 0 Å². The van der Waals surface area contributed by atoms with Gasteiger partial charge in [0.25, 0.3) is 12.4 Å². The van der Waals surface area contributed by atoms with Crippen LogP contribution in [0.3, 0.4) is 0 Å². The predicted molar refractivity (Wildman–Crippen MR) is 123 cm³/mol. The van der Waals surface area contributed by atoms with E-state index in [1.807, 2.05) is 5.38 Å². The second-order valence-corrected chi connectivity index (χ2v) is 7.86. The molecular formula is C20H20N6O4S2. The van der Waals surface area contributed by atoms with E-state index in [9.17, 15) is 4.79 Å². The third-order valence-electron chi connectivity index (χ3n) is 4.12. The highest BCUT2D eigenvalue weighted by molar-refractivity contribution is 7.18. The summed E-state index contributed by atoms with van der Waals surface area (Å²) in [6.07, 6.45) is 7.23. The Morgan fingerprint density at radius 1 is 1.25 bits per heavy atom. The number of hydrogen-bond donors (Lipinski definition) is 3. The lowest BCUT2D eigenvalue weighted by Gasteiger charge is -2.09. The van der Waals surface area contributed by atoms with Gasteiger partial charge in [0.1, 0.15) is 27.7 Å². The summed E-state index contributed by atoms with van der Waals surface area (Å²) in [4.78, 5) is 38.2. The van der Waals surface area contributed by atoms with Crippen molar-refractivity contribution in [2.24, 2.45) is 0 Å². The SMILES string of the molecule is CNC(=O)c1cncc(OCCCNc2ncnc3scc(-c4nccs4)c23)c1.O=CO. The first-order chi connectivity index (χ1) is 15.7. The number of amides is 1. The van der Waals surface area contributed by atoms with E-state index in [0.717, 1.165) is 33.0 Å². The number of pyridine rings is 1. The van der Waals surface area contributed by atoms with Gasteiger partial charge in [0.15, 0.2) is 0 Å². The summed E-state index contributed by atoms with van der Waals surface area (Å²) >= 11 is 3.18. The molecule has 0 spiro atoms. The van der Waals surface area contributed by atoms with Gasteiger partial charge in [-0.2, -0.15) is 0 Å². The molecule has 0 aromatic carbocycles. The van der Waals surface area contributed by atoms with Crippen molar-refractivity contribution in [1.29, 1.82) is 0 Å². The molecule has 4 heterocycles. The first kappa shape index (κ1) is 23.0. The Labute approximate surface area is 191 Å². The number of aromatic nitrogens is 4. The van der Waals surface area contributed by atoms with Gasteiger partial charge in [0.2, 0.25) is 0 Å². The number of rotatable bonds is 8. The fourth-order valence-corrected chi connectivity index (χ4v) is 4.38. The van der Waals surface area contributed by atoms with Crippen LogP contribution in [0.25, 0.3) is 20.8 Å². The lowest BCUT2D eigenvalue weighted by molar-refractivity contribution is -0.122. The largest absolute Gasteiger partial charge is 0.492 e. The van der Waals surface area contributed by atoms with Gasteiger partial charge < -0.3 is 20.5 Å². The van der Waals surface area contributed by atoms with Crippen LogP contribution in [0, 0.1) is 0 Å². The van der Waals surface area contributed by atoms with Crippen LogP contribution in [0.1, 0.15) is 16.8 Å². The molecule has 0 aliphatic carbocycles. The van der Waals surface area contributed by atoms with Crippen LogP contribution in [0.2, 0.25) is 0 Å². The molecule has 166 valence electrons. The molecule has 1 amide bonds. The van der Waals surface area contributed by atoms with Gasteiger partial charge in [-0.3, -0.25) is 14.6 Å². The highest BCUT2D eigenvalue weighted by Gasteiger charge is 2.14. The van der Waals surface area contributed by atoms with Crippen molar-refractivity contribution in [3.63, 3.8) is 0 Å². The van der Waals surface area contributed by atoms with E-state index in [-0.39, 0.29) is 12.4 Å². The van der Waals surface area contributed by atoms with Crippen LogP contribution in [-0.2, 0) is 4.79 Å². The molecule has 4 aromatic rings. The average Bonchev–Trinajstić information content (AvgIpc) is 3.49. The van der Waals surface area contributed by atoms with Crippen molar-refractivity contribution in [1.82, 2.24) is 25.3 Å². The molecule has 0 fully saturated rings. The second kappa shape index (κ2) is 11.7. The van der Waals surface area contributed by atoms with Gasteiger partial charge in [0.05, 0.1) is 23.8 Å². The van der Waals surface area contributed by atoms with Crippen LogP contribution in [-0.4, -0.2) is 57.6 Å². The molecule has 0 aliphatic rings. The number of anilines is 1. The molecule has 0 unspecified atom stereocenters. The standard InChI is InChI=1S/C19H18N6O2S2.CH2O2/c1-20-17(26)12-7-13(9-21-8-12)27-5-2-3-22-16-15-14(18-23-4-6-28-18)10-29-19(15)25-11-24-16;2-1-3/h4,6-11H,2-3,5H2,1H3,(H,20,26)(H,22,24,25);1H,(H,2,3). The third-order valence-corrected chi connectivity index (χ3v) is 5.81. The van der Waals surface area contributed by atoms with E-state index in [1.165, 1.54) is 6.20 Å². The van der Waals surface area contributed by atoms with Crippen LogP contribution < -0.4 is 15.4 Å². The number of carbonyl (C=O) groups is 2. The molecule has 12 heteroatoms. The number of fused-ring (bicyclic) bond motifs is 1. The molecule has 4 aromatic heterocycles. The highest BCUT2D eigenvalue weighted by Crippen LogP contribution is 2.37. The van der Waals surface area contributed by atoms with E-state index in [1.54, 1.807) is 54.5 Å². The van der Waals surface area contributed by atoms with Crippen LogP contribution in [0.5, 0.6) is 5.75 Å². The normalized spacial score (nSPS) is 10.2. The molecule has 0 saturated carbocycles. The average molecular weight is 473 g/mol. The maximum absolute atomic E-state index is 11.7. The number of carboxylic acid groups (broad SMARTS) is 1. The topological polar surface area (TPSA) is 139 Å². The number of thiazole rings is 1. The smallest absolute Gasteiger partial charge is 0.290 e. The van der Waals surface area contributed by atoms with E-state index < -0.39 is 0 Å². The zero-order chi connectivity index (χ0) is 22.8. The van der Waals surface area contributed by atoms with Gasteiger partial charge in [-0.1, -0.05) is 0 Å². The fraction of sp³-hybridized carbons (Fsp3) is 0.200. The number of hydrogen-bond acceptors (Lipinski definition) is 10. The second-order valence-electron chi connectivity index (χ2n) is 6.11. The van der Waals surface area contributed by atoms with Crippen LogP contribution in [0.15, 0.2) is 41.7 Å². The van der Waals surface area contributed by atoms with Crippen molar-refractivity contribution < 1.29 is 19.4 Å². The van der Waals surface area contributed by atoms with Gasteiger partial charge in [-0.15, -0.1) is 22.7 Å². The lowest BCUT2D eigenvalue weighted by Crippen LogP contribution is -2.18. The lowest BCUT2D eigenvalue weighted by atomic mass is 10.2. The zero-order valence-corrected chi connectivity index (χ0v) is 18.7. The van der Waals surface area contributed by atoms with E-state index in [4.69, 9.17) is 14.6 Å². The summed E-state index contributed by atoms with van der Waals surface area (Å²) in [5.74, 6) is 1.17. The zero-order valence-electron chi connectivity index (χ0n) is 17.0. The van der Waals surface area contributed by atoms with Gasteiger partial charge in [0, 0.05) is 42.3 Å². The fourth-order valence-electron chi connectivity index (χ4n) is 2.76. The molecule has 0 radical (unpaired) electrons. The Hall–Kier alpha value is -3.64. The summed E-state index contributed by atoms with van der Waals surface area (Å²) in [5, 5.41) is 18.8. The van der Waals surface area contributed by atoms with E-state index >= 15 is 0 Å². The summed E-state index contributed by atoms with van der Waals surface area (Å²) < 4.78 is 5.71. The number of nitrogens with zero attached hydrogens (tertiary/aromatic N) is 4. The molecule has 0 aliphatic heterocycles. The van der Waals surface area contributed by atoms with Crippen molar-refractivity contribution in [3.05, 3.63) is 47.3 Å².